The number of aromatic hydroxyl groups is 1. The van der Waals surface area contributed by atoms with Gasteiger partial charge in [0.05, 0.1) is 0 Å². The highest BCUT2D eigenvalue weighted by atomic mass is 16.3. The second-order valence-electron chi connectivity index (χ2n) is 22.3. The van der Waals surface area contributed by atoms with E-state index in [-0.39, 0.29) is 0 Å². The molecule has 0 amide bonds. The van der Waals surface area contributed by atoms with Crippen LogP contribution in [0.3, 0.4) is 0 Å². The highest BCUT2D eigenvalue weighted by Gasteiger charge is 2.26. The Hall–Kier alpha value is -3.32. The van der Waals surface area contributed by atoms with Gasteiger partial charge in [-0.1, -0.05) is 183 Å². The summed E-state index contributed by atoms with van der Waals surface area (Å²) in [5.41, 5.74) is 23.6. The van der Waals surface area contributed by atoms with Gasteiger partial charge in [0, 0.05) is 0 Å². The first-order chi connectivity index (χ1) is 34.1. The summed E-state index contributed by atoms with van der Waals surface area (Å²) in [6.45, 7) is 28.7. The highest BCUT2D eigenvalue weighted by molar-refractivity contribution is 5.51. The van der Waals surface area contributed by atoms with Gasteiger partial charge in [0.15, 0.2) is 0 Å². The van der Waals surface area contributed by atoms with Crippen LogP contribution in [-0.2, 0) is 77.0 Å². The van der Waals surface area contributed by atoms with Crippen LogP contribution in [0.15, 0.2) is 48.5 Å². The largest absolute Gasteiger partial charge is 0.508 e. The fourth-order valence-corrected chi connectivity index (χ4v) is 12.1. The molecule has 4 rings (SSSR count). The minimum Gasteiger partial charge on any atom is -0.508 e. The van der Waals surface area contributed by atoms with Crippen molar-refractivity contribution in [3.05, 3.63) is 132 Å². The molecule has 0 aliphatic rings. The SMILES string of the molecule is CCCCc1ccc(C(C)Cc2ccc(O)c(CC(C)c3ccc(CCCC)c(CCCC)c3CCCC)c2CC(C)c2ccc(CCCC)c(CCCC)c2CCCC)c(CCCC)c1CCCC. The van der Waals surface area contributed by atoms with E-state index in [1.165, 1.54) is 189 Å². The van der Waals surface area contributed by atoms with Gasteiger partial charge in [-0.05, 0) is 242 Å². The van der Waals surface area contributed by atoms with Crippen molar-refractivity contribution < 1.29 is 5.11 Å². The zero-order valence-corrected chi connectivity index (χ0v) is 48.0. The molecule has 0 heterocycles. The van der Waals surface area contributed by atoms with Crippen LogP contribution >= 0.6 is 0 Å². The molecule has 4 aromatic carbocycles. The summed E-state index contributed by atoms with van der Waals surface area (Å²) < 4.78 is 0. The molecule has 0 saturated carbocycles. The van der Waals surface area contributed by atoms with Crippen LogP contribution in [0.1, 0.15) is 300 Å². The Labute approximate surface area is 434 Å². The predicted octanol–water partition coefficient (Wildman–Crippen LogP) is 20.5. The van der Waals surface area contributed by atoms with Crippen molar-refractivity contribution in [3.8, 4) is 5.75 Å². The summed E-state index contributed by atoms with van der Waals surface area (Å²) in [7, 11) is 0. The second kappa shape index (κ2) is 32.7. The molecule has 0 aliphatic heterocycles. The molecule has 0 aliphatic carbocycles. The van der Waals surface area contributed by atoms with E-state index in [1.807, 2.05) is 0 Å². The molecule has 4 aromatic rings. The number of benzene rings is 4. The molecule has 1 N–H and O–H groups in total. The van der Waals surface area contributed by atoms with Gasteiger partial charge in [-0.25, -0.2) is 0 Å². The van der Waals surface area contributed by atoms with Crippen molar-refractivity contribution in [1.82, 2.24) is 0 Å². The maximum absolute atomic E-state index is 12.4. The Morgan fingerprint density at radius 3 is 0.843 bits per heavy atom. The summed E-state index contributed by atoms with van der Waals surface area (Å²) in [6, 6.07) is 19.7. The van der Waals surface area contributed by atoms with E-state index in [4.69, 9.17) is 0 Å². The molecule has 70 heavy (non-hydrogen) atoms. The van der Waals surface area contributed by atoms with Gasteiger partial charge in [0.2, 0.25) is 0 Å². The molecule has 0 aromatic heterocycles. The molecular formula is C69H108O. The van der Waals surface area contributed by atoms with Crippen LogP contribution in [0, 0.1) is 0 Å². The molecular weight excluding hydrogens is 845 g/mol. The van der Waals surface area contributed by atoms with E-state index in [2.05, 4.69) is 132 Å². The Morgan fingerprint density at radius 1 is 0.271 bits per heavy atom. The minimum absolute atomic E-state index is 0.302. The number of unbranched alkanes of at least 4 members (excludes halogenated alkanes) is 9. The molecule has 3 atom stereocenters. The van der Waals surface area contributed by atoms with Crippen LogP contribution in [0.5, 0.6) is 5.75 Å². The van der Waals surface area contributed by atoms with Crippen molar-refractivity contribution in [2.45, 2.75) is 293 Å². The lowest BCUT2D eigenvalue weighted by atomic mass is 9.77. The third-order valence-electron chi connectivity index (χ3n) is 16.4. The average molecular weight is 954 g/mol. The number of phenolic OH excluding ortho intramolecular Hbond substituents is 1. The van der Waals surface area contributed by atoms with E-state index in [9.17, 15) is 5.11 Å². The Kier molecular flexibility index (Phi) is 27.7. The molecule has 0 saturated heterocycles. The Balaban J connectivity index is 1.96. The lowest BCUT2D eigenvalue weighted by Crippen LogP contribution is -2.15. The van der Waals surface area contributed by atoms with E-state index < -0.39 is 0 Å². The number of aryl methyl sites for hydroxylation is 3. The predicted molar refractivity (Wildman–Crippen MR) is 311 cm³/mol. The van der Waals surface area contributed by atoms with Crippen LogP contribution in [-0.4, -0.2) is 5.11 Å². The molecule has 0 fully saturated rings. The highest BCUT2D eigenvalue weighted by Crippen LogP contribution is 2.41. The van der Waals surface area contributed by atoms with Gasteiger partial charge in [-0.15, -0.1) is 0 Å². The van der Waals surface area contributed by atoms with E-state index in [0.717, 1.165) is 25.7 Å². The topological polar surface area (TPSA) is 20.2 Å². The lowest BCUT2D eigenvalue weighted by Gasteiger charge is -2.28. The van der Waals surface area contributed by atoms with Crippen molar-refractivity contribution in [1.29, 1.82) is 0 Å². The summed E-state index contributed by atoms with van der Waals surface area (Å²) in [5, 5.41) is 12.4. The van der Waals surface area contributed by atoms with E-state index in [1.54, 1.807) is 61.2 Å². The van der Waals surface area contributed by atoms with Crippen molar-refractivity contribution in [3.63, 3.8) is 0 Å². The monoisotopic (exact) mass is 953 g/mol. The average Bonchev–Trinajstić information content (AvgIpc) is 3.36. The van der Waals surface area contributed by atoms with Gasteiger partial charge >= 0.3 is 0 Å². The first kappa shape index (κ1) is 59.2. The van der Waals surface area contributed by atoms with Crippen molar-refractivity contribution in [2.75, 3.05) is 0 Å². The summed E-state index contributed by atoms with van der Waals surface area (Å²) in [4.78, 5) is 0. The van der Waals surface area contributed by atoms with Crippen molar-refractivity contribution >= 4 is 0 Å². The van der Waals surface area contributed by atoms with E-state index in [0.29, 0.717) is 23.5 Å². The van der Waals surface area contributed by atoms with E-state index >= 15 is 0 Å². The fourth-order valence-electron chi connectivity index (χ4n) is 12.1. The number of hydrogen-bond acceptors (Lipinski definition) is 1. The zero-order valence-electron chi connectivity index (χ0n) is 48.0. The molecule has 1 heteroatoms. The third-order valence-corrected chi connectivity index (χ3v) is 16.4. The molecule has 0 radical (unpaired) electrons. The molecule has 1 nitrogen and oxygen atoms in total. The van der Waals surface area contributed by atoms with Crippen LogP contribution in [0.2, 0.25) is 0 Å². The summed E-state index contributed by atoms with van der Waals surface area (Å²) in [5.74, 6) is 1.53. The number of hydrogen-bond donors (Lipinski definition) is 1. The lowest BCUT2D eigenvalue weighted by molar-refractivity contribution is 0.463. The quantitative estimate of drug-likeness (QED) is 0.0482. The molecule has 0 spiro atoms. The van der Waals surface area contributed by atoms with Crippen LogP contribution in [0.4, 0.5) is 0 Å². The normalized spacial score (nSPS) is 13.0. The first-order valence-electron chi connectivity index (χ1n) is 30.3. The molecule has 3 unspecified atom stereocenters. The molecule has 390 valence electrons. The van der Waals surface area contributed by atoms with Gasteiger partial charge in [-0.3, -0.25) is 0 Å². The van der Waals surface area contributed by atoms with Crippen LogP contribution in [0.25, 0.3) is 0 Å². The molecule has 0 bridgehead atoms. The number of rotatable bonds is 36. The maximum atomic E-state index is 12.4. The van der Waals surface area contributed by atoms with Gasteiger partial charge in [0.25, 0.3) is 0 Å². The summed E-state index contributed by atoms with van der Waals surface area (Å²) >= 11 is 0. The fraction of sp³-hybridized carbons (Fsp3) is 0.652. The van der Waals surface area contributed by atoms with Gasteiger partial charge in [0.1, 0.15) is 5.75 Å². The van der Waals surface area contributed by atoms with Gasteiger partial charge < -0.3 is 5.11 Å². The zero-order chi connectivity index (χ0) is 50.8. The smallest absolute Gasteiger partial charge is 0.119 e. The Morgan fingerprint density at radius 2 is 0.529 bits per heavy atom. The van der Waals surface area contributed by atoms with Crippen LogP contribution < -0.4 is 0 Å². The minimum atomic E-state index is 0.302. The Bertz CT molecular complexity index is 2100. The van der Waals surface area contributed by atoms with Crippen molar-refractivity contribution in [2.24, 2.45) is 0 Å². The maximum Gasteiger partial charge on any atom is 0.119 e. The number of phenols is 1. The second-order valence-corrected chi connectivity index (χ2v) is 22.3. The van der Waals surface area contributed by atoms with Gasteiger partial charge in [-0.2, -0.15) is 0 Å². The standard InChI is InChI=1S/C69H108O/c1-13-22-31-54-40-44-58(64(37-28-19-7)61(54)34-25-16-4)51(10)48-57-43-47-69(70)68(50-53(12)60-46-42-56(33-24-15-3)63(36-27-18-6)66(60)39-30-21-9)67(57)49-52(11)59-45-41-55(32-23-14-2)62(35-26-17-5)65(59)38-29-20-8/h40-47,51-53,70H,13-39,48-50H2,1-12H3. The first-order valence-corrected chi connectivity index (χ1v) is 30.3. The third kappa shape index (κ3) is 16.9. The summed E-state index contributed by atoms with van der Waals surface area (Å²) in [6.07, 6.45) is 35.9.